The van der Waals surface area contributed by atoms with Crippen LogP contribution in [0.15, 0.2) is 23.8 Å². The van der Waals surface area contributed by atoms with E-state index in [1.807, 2.05) is 12.2 Å². The van der Waals surface area contributed by atoms with Gasteiger partial charge in [-0.25, -0.2) is 0 Å². The zero-order chi connectivity index (χ0) is 10.1. The molecule has 0 fully saturated rings. The minimum absolute atomic E-state index is 0.00255. The van der Waals surface area contributed by atoms with E-state index in [0.29, 0.717) is 0 Å². The monoisotopic (exact) mass is 306 g/mol. The number of hydrogen-bond acceptors (Lipinski definition) is 1. The summed E-state index contributed by atoms with van der Waals surface area (Å²) in [4.78, 5) is 11.6. The van der Waals surface area contributed by atoms with Gasteiger partial charge in [-0.3, -0.25) is 4.79 Å². The van der Waals surface area contributed by atoms with Crippen molar-refractivity contribution in [1.82, 2.24) is 0 Å². The molecular weight excluding hydrogens is 296 g/mol. The van der Waals surface area contributed by atoms with Crippen LogP contribution in [-0.2, 0) is 4.79 Å². The van der Waals surface area contributed by atoms with Gasteiger partial charge in [0, 0.05) is 16.3 Å². The summed E-state index contributed by atoms with van der Waals surface area (Å²) in [6, 6.07) is 0. The molecule has 1 nitrogen and oxygen atoms in total. The lowest BCUT2D eigenvalue weighted by atomic mass is 9.84. The Morgan fingerprint density at radius 1 is 1.54 bits per heavy atom. The van der Waals surface area contributed by atoms with E-state index in [9.17, 15) is 4.79 Å². The first kappa shape index (κ1) is 11.2. The zero-order valence-corrected chi connectivity index (χ0v) is 10.9. The van der Waals surface area contributed by atoms with E-state index in [1.54, 1.807) is 6.08 Å². The van der Waals surface area contributed by atoms with Gasteiger partial charge in [-0.15, -0.1) is 0 Å². The Balaban J connectivity index is 2.95. The summed E-state index contributed by atoms with van der Waals surface area (Å²) >= 11 is 6.81. The molecule has 72 valence electrons. The lowest BCUT2D eigenvalue weighted by Gasteiger charge is -2.22. The molecule has 1 aliphatic rings. The van der Waals surface area contributed by atoms with Crippen LogP contribution in [0.5, 0.6) is 0 Å². The van der Waals surface area contributed by atoms with Crippen molar-refractivity contribution in [2.45, 2.75) is 18.7 Å². The molecule has 3 heteroatoms. The van der Waals surface area contributed by atoms with Crippen molar-refractivity contribution in [1.29, 1.82) is 0 Å². The van der Waals surface area contributed by atoms with E-state index in [1.165, 1.54) is 0 Å². The number of alkyl halides is 2. The summed E-state index contributed by atoms with van der Waals surface area (Å²) in [5, 5.41) is 0.758. The lowest BCUT2D eigenvalue weighted by Crippen LogP contribution is -2.20. The predicted octanol–water partition coefficient (Wildman–Crippen LogP) is 3.24. The lowest BCUT2D eigenvalue weighted by molar-refractivity contribution is -0.111. The molecule has 0 aromatic heterocycles. The average molecular weight is 308 g/mol. The van der Waals surface area contributed by atoms with Gasteiger partial charge < -0.3 is 0 Å². The first-order valence-electron chi connectivity index (χ1n) is 4.12. The van der Waals surface area contributed by atoms with Gasteiger partial charge in [-0.2, -0.15) is 0 Å². The number of carbonyl (C=O) groups excluding carboxylic acids is 1. The van der Waals surface area contributed by atoms with E-state index in [4.69, 9.17) is 0 Å². The van der Waals surface area contributed by atoms with E-state index in [-0.39, 0.29) is 16.0 Å². The normalized spacial score (nSPS) is 22.8. The van der Waals surface area contributed by atoms with Crippen molar-refractivity contribution in [2.24, 2.45) is 5.41 Å². The highest BCUT2D eigenvalue weighted by atomic mass is 79.9. The Morgan fingerprint density at radius 3 is 2.69 bits per heavy atom. The molecule has 0 saturated carbocycles. The average Bonchev–Trinajstić information content (AvgIpc) is 2.08. The van der Waals surface area contributed by atoms with Gasteiger partial charge in [0.2, 0.25) is 0 Å². The topological polar surface area (TPSA) is 17.1 Å². The summed E-state index contributed by atoms with van der Waals surface area (Å²) < 4.78 is 0. The van der Waals surface area contributed by atoms with Crippen molar-refractivity contribution in [2.75, 3.05) is 5.33 Å². The number of rotatable bonds is 2. The van der Waals surface area contributed by atoms with E-state index >= 15 is 0 Å². The maximum atomic E-state index is 11.5. The number of allylic oxidation sites excluding steroid dienone is 4. The number of hydrogen-bond donors (Lipinski definition) is 0. The summed E-state index contributed by atoms with van der Waals surface area (Å²) in [6.07, 6.45) is 5.62. The second kappa shape index (κ2) is 4.09. The molecule has 13 heavy (non-hydrogen) atoms. The number of carbonyl (C=O) groups is 1. The third-order valence-corrected chi connectivity index (χ3v) is 4.28. The summed E-state index contributed by atoms with van der Waals surface area (Å²) in [6.45, 7) is 4.17. The molecule has 0 spiro atoms. The minimum Gasteiger partial charge on any atom is -0.290 e. The molecule has 0 radical (unpaired) electrons. The molecule has 0 heterocycles. The molecule has 0 saturated heterocycles. The van der Waals surface area contributed by atoms with E-state index < -0.39 is 0 Å². The maximum absolute atomic E-state index is 11.5. The Kier molecular flexibility index (Phi) is 3.52. The molecular formula is C10H12Br2O. The molecule has 1 rings (SSSR count). The standard InChI is InChI=1S/C10H12Br2O/c1-10(2)4-3-9(13)7(5-10)8(12)6-11/h3-5,8H,6H2,1-2H3/t8-/m1/s1. The fourth-order valence-electron chi connectivity index (χ4n) is 1.23. The van der Waals surface area contributed by atoms with Gasteiger partial charge >= 0.3 is 0 Å². The van der Waals surface area contributed by atoms with Crippen molar-refractivity contribution >= 4 is 37.6 Å². The smallest absolute Gasteiger partial charge is 0.182 e. The predicted molar refractivity (Wildman–Crippen MR) is 62.5 cm³/mol. The fraction of sp³-hybridized carbons (Fsp3) is 0.500. The van der Waals surface area contributed by atoms with Gasteiger partial charge in [0.25, 0.3) is 0 Å². The Hall–Kier alpha value is 0.110. The zero-order valence-electron chi connectivity index (χ0n) is 7.68. The van der Waals surface area contributed by atoms with Crippen molar-refractivity contribution in [3.63, 3.8) is 0 Å². The van der Waals surface area contributed by atoms with Crippen molar-refractivity contribution in [3.05, 3.63) is 23.8 Å². The minimum atomic E-state index is -0.00255. The molecule has 1 atom stereocenters. The second-order valence-corrected chi connectivity index (χ2v) is 5.49. The van der Waals surface area contributed by atoms with Crippen molar-refractivity contribution in [3.8, 4) is 0 Å². The quantitative estimate of drug-likeness (QED) is 0.716. The van der Waals surface area contributed by atoms with E-state index in [0.717, 1.165) is 10.9 Å². The van der Waals surface area contributed by atoms with Crippen LogP contribution >= 0.6 is 31.9 Å². The van der Waals surface area contributed by atoms with Crippen LogP contribution in [0, 0.1) is 5.41 Å². The summed E-state index contributed by atoms with van der Waals surface area (Å²) in [5.41, 5.74) is 0.849. The van der Waals surface area contributed by atoms with Gasteiger partial charge in [0.15, 0.2) is 5.78 Å². The number of halogens is 2. The van der Waals surface area contributed by atoms with Crippen LogP contribution in [0.25, 0.3) is 0 Å². The third kappa shape index (κ3) is 2.78. The summed E-state index contributed by atoms with van der Waals surface area (Å²) in [5.74, 6) is 0.112. The molecule has 0 bridgehead atoms. The molecule has 0 aromatic carbocycles. The number of ketones is 1. The molecule has 1 aliphatic carbocycles. The Bertz CT molecular complexity index is 277. The molecule has 0 aromatic rings. The molecule has 0 aliphatic heterocycles. The SMILES string of the molecule is CC1(C)C=CC(=O)C([C@H](Br)CBr)=C1. The highest BCUT2D eigenvalue weighted by molar-refractivity contribution is 9.12. The van der Waals surface area contributed by atoms with Crippen LogP contribution in [0.3, 0.4) is 0 Å². The highest BCUT2D eigenvalue weighted by Gasteiger charge is 2.24. The fourth-order valence-corrected chi connectivity index (χ4v) is 1.94. The van der Waals surface area contributed by atoms with Gasteiger partial charge in [-0.1, -0.05) is 57.9 Å². The molecule has 0 unspecified atom stereocenters. The molecule has 0 N–H and O–H groups in total. The van der Waals surface area contributed by atoms with Crippen molar-refractivity contribution < 1.29 is 4.79 Å². The maximum Gasteiger partial charge on any atom is 0.182 e. The van der Waals surface area contributed by atoms with Crippen LogP contribution in [-0.4, -0.2) is 15.9 Å². The molecule has 0 amide bonds. The third-order valence-electron chi connectivity index (χ3n) is 1.95. The first-order valence-corrected chi connectivity index (χ1v) is 6.16. The highest BCUT2D eigenvalue weighted by Crippen LogP contribution is 2.29. The second-order valence-electron chi connectivity index (χ2n) is 3.74. The van der Waals surface area contributed by atoms with Gasteiger partial charge in [-0.05, 0) is 6.08 Å². The van der Waals surface area contributed by atoms with Crippen LogP contribution in [0.2, 0.25) is 0 Å². The largest absolute Gasteiger partial charge is 0.290 e. The summed E-state index contributed by atoms with van der Waals surface area (Å²) in [7, 11) is 0. The van der Waals surface area contributed by atoms with Crippen LogP contribution in [0.1, 0.15) is 13.8 Å². The Labute approximate surface area is 95.5 Å². The first-order chi connectivity index (χ1) is 5.96. The van der Waals surface area contributed by atoms with Crippen LogP contribution in [0.4, 0.5) is 0 Å². The Morgan fingerprint density at radius 2 is 2.15 bits per heavy atom. The van der Waals surface area contributed by atoms with Gasteiger partial charge in [0.05, 0.1) is 4.83 Å². The van der Waals surface area contributed by atoms with Gasteiger partial charge in [0.1, 0.15) is 0 Å². The van der Waals surface area contributed by atoms with Crippen LogP contribution < -0.4 is 0 Å². The van der Waals surface area contributed by atoms with E-state index in [2.05, 4.69) is 45.7 Å².